The Balaban J connectivity index is 1.14. The van der Waals surface area contributed by atoms with Crippen molar-refractivity contribution in [1.82, 2.24) is 0 Å². The third kappa shape index (κ3) is 4.04. The normalized spacial score (nSPS) is 13.8. The Morgan fingerprint density at radius 1 is 0.568 bits per heavy atom. The molecule has 3 heterocycles. The van der Waals surface area contributed by atoms with E-state index in [0.29, 0.717) is 0 Å². The molecule has 6 aromatic carbocycles. The minimum Gasteiger partial charge on any atom is -0.354 e. The van der Waals surface area contributed by atoms with Crippen LogP contribution >= 0.6 is 35.3 Å². The van der Waals surface area contributed by atoms with Crippen LogP contribution in [0.2, 0.25) is 0 Å². The predicted molar refractivity (Wildman–Crippen MR) is 185 cm³/mol. The third-order valence-electron chi connectivity index (χ3n) is 8.31. The first-order valence-electron chi connectivity index (χ1n) is 14.5. The van der Waals surface area contributed by atoms with Crippen molar-refractivity contribution in [1.29, 1.82) is 0 Å². The molecule has 210 valence electrons. The molecular weight excluding hydrogens is 595 g/mol. The Labute approximate surface area is 270 Å². The van der Waals surface area contributed by atoms with Crippen LogP contribution in [-0.2, 0) is 0 Å². The summed E-state index contributed by atoms with van der Waals surface area (Å²) in [6, 6.07) is 45.9. The van der Waals surface area contributed by atoms with E-state index in [-0.39, 0.29) is 0 Å². The molecule has 0 atom stereocenters. The Hall–Kier alpha value is -4.41. The summed E-state index contributed by atoms with van der Waals surface area (Å²) in [5.74, 6) is 0. The summed E-state index contributed by atoms with van der Waals surface area (Å²) in [7, 11) is 0. The maximum absolute atomic E-state index is 3.75. The van der Waals surface area contributed by atoms with E-state index in [1.807, 2.05) is 29.6 Å². The summed E-state index contributed by atoms with van der Waals surface area (Å²) in [5, 5.41) is 3.75. The summed E-state index contributed by atoms with van der Waals surface area (Å²) in [6.07, 6.45) is 0. The molecule has 6 aromatic rings. The summed E-state index contributed by atoms with van der Waals surface area (Å²) in [5.41, 5.74) is 11.9. The van der Waals surface area contributed by atoms with E-state index in [4.69, 9.17) is 0 Å². The third-order valence-corrected chi connectivity index (χ3v) is 11.8. The van der Waals surface area contributed by atoms with Crippen molar-refractivity contribution >= 4 is 80.8 Å². The molecule has 0 bridgehead atoms. The number of nitrogens with zero attached hydrogens (tertiary/aromatic N) is 2. The van der Waals surface area contributed by atoms with Gasteiger partial charge in [0, 0.05) is 30.2 Å². The molecule has 0 saturated heterocycles. The van der Waals surface area contributed by atoms with Crippen LogP contribution in [0.15, 0.2) is 139 Å². The second-order valence-electron chi connectivity index (χ2n) is 11.1. The minimum atomic E-state index is 1.09. The van der Waals surface area contributed by atoms with E-state index in [9.17, 15) is 0 Å². The number of anilines is 8. The van der Waals surface area contributed by atoms with Crippen LogP contribution in [0, 0.1) is 26.0 Å². The lowest BCUT2D eigenvalue weighted by Crippen LogP contribution is -2.17. The number of hydrogen-bond acceptors (Lipinski definition) is 6. The number of hydrogen-bond donors (Lipinski definition) is 1. The van der Waals surface area contributed by atoms with Gasteiger partial charge in [0.15, 0.2) is 0 Å². The van der Waals surface area contributed by atoms with Gasteiger partial charge in [-0.3, -0.25) is 0 Å². The predicted octanol–water partition coefficient (Wildman–Crippen LogP) is 12.0. The summed E-state index contributed by atoms with van der Waals surface area (Å²) in [4.78, 5) is 12.1. The molecule has 44 heavy (non-hydrogen) atoms. The zero-order chi connectivity index (χ0) is 29.4. The van der Waals surface area contributed by atoms with Crippen molar-refractivity contribution in [2.45, 2.75) is 43.2 Å². The van der Waals surface area contributed by atoms with Crippen molar-refractivity contribution in [3.8, 4) is 0 Å². The Kier molecular flexibility index (Phi) is 5.96. The summed E-state index contributed by atoms with van der Waals surface area (Å²) >= 11 is 5.47. The standard InChI is InChI=1S/C38H25N3S3/c1-23-15-19-32-37(21-23)43-35-14-8-5-11-31(35)41(32)28-20-18-27-38(24(28)2)44-36-22-25(16-17-26(36)39-27)40-29-9-3-6-12-33(29)42-34-13-7-4-10-30(34)40/h3-6,8-12,14-22,39H,1-2H3. The molecule has 3 nitrogen and oxygen atoms in total. The zero-order valence-electron chi connectivity index (χ0n) is 24.0. The van der Waals surface area contributed by atoms with Gasteiger partial charge in [-0.2, -0.15) is 0 Å². The lowest BCUT2D eigenvalue weighted by atomic mass is 10.1. The molecule has 0 spiro atoms. The zero-order valence-corrected chi connectivity index (χ0v) is 26.5. The van der Waals surface area contributed by atoms with Crippen LogP contribution in [0.3, 0.4) is 0 Å². The van der Waals surface area contributed by atoms with Crippen molar-refractivity contribution in [2.75, 3.05) is 15.1 Å². The maximum Gasteiger partial charge on any atom is 0.0867 e. The van der Waals surface area contributed by atoms with Gasteiger partial charge in [0.1, 0.15) is 0 Å². The van der Waals surface area contributed by atoms with Gasteiger partial charge in [0.25, 0.3) is 0 Å². The molecule has 0 fully saturated rings. The van der Waals surface area contributed by atoms with E-state index >= 15 is 0 Å². The first-order valence-corrected chi connectivity index (χ1v) is 17.0. The Morgan fingerprint density at radius 3 is 2.16 bits per heavy atom. The molecule has 0 aromatic heterocycles. The molecule has 3 aliphatic rings. The number of para-hydroxylation sites is 2. The van der Waals surface area contributed by atoms with Crippen LogP contribution in [0.25, 0.3) is 0 Å². The van der Waals surface area contributed by atoms with Crippen molar-refractivity contribution in [3.05, 3.63) is 132 Å². The second kappa shape index (κ2) is 10.1. The first-order chi connectivity index (χ1) is 21.6. The largest absolute Gasteiger partial charge is 0.354 e. The van der Waals surface area contributed by atoms with Gasteiger partial charge in [0.05, 0.1) is 44.7 Å². The Bertz CT molecular complexity index is 2090. The second-order valence-corrected chi connectivity index (χ2v) is 14.3. The lowest BCUT2D eigenvalue weighted by Gasteiger charge is -2.35. The van der Waals surface area contributed by atoms with E-state index in [1.165, 1.54) is 58.4 Å². The van der Waals surface area contributed by atoms with Gasteiger partial charge in [-0.1, -0.05) is 77.8 Å². The molecule has 0 unspecified atom stereocenters. The van der Waals surface area contributed by atoms with Crippen LogP contribution in [0.4, 0.5) is 45.5 Å². The number of fused-ring (bicyclic) bond motifs is 6. The molecule has 3 aliphatic heterocycles. The van der Waals surface area contributed by atoms with Crippen LogP contribution in [0.1, 0.15) is 11.1 Å². The average Bonchev–Trinajstić information content (AvgIpc) is 3.05. The highest BCUT2D eigenvalue weighted by atomic mass is 32.2. The van der Waals surface area contributed by atoms with Crippen LogP contribution in [-0.4, -0.2) is 0 Å². The fourth-order valence-corrected chi connectivity index (χ4v) is 9.51. The summed E-state index contributed by atoms with van der Waals surface area (Å²) in [6.45, 7) is 4.43. The van der Waals surface area contributed by atoms with Gasteiger partial charge in [-0.05, 0) is 104 Å². The van der Waals surface area contributed by atoms with Gasteiger partial charge < -0.3 is 15.1 Å². The Morgan fingerprint density at radius 2 is 1.30 bits per heavy atom. The van der Waals surface area contributed by atoms with E-state index in [1.54, 1.807) is 11.8 Å². The van der Waals surface area contributed by atoms with Gasteiger partial charge >= 0.3 is 0 Å². The topological polar surface area (TPSA) is 18.5 Å². The highest BCUT2D eigenvalue weighted by Crippen LogP contribution is 2.56. The molecule has 6 heteroatoms. The van der Waals surface area contributed by atoms with Crippen LogP contribution < -0.4 is 15.1 Å². The van der Waals surface area contributed by atoms with E-state index in [2.05, 4.69) is 144 Å². The first kappa shape index (κ1) is 26.0. The SMILES string of the molecule is Cc1ccc2c(c1)Sc1ccccc1N2c1ccc2c(c1C)Sc1cc(N3c4ccc#cc4Sc4ccccc43)ccc1N2. The molecule has 0 radical (unpaired) electrons. The molecule has 0 saturated carbocycles. The van der Waals surface area contributed by atoms with Gasteiger partial charge in [-0.15, -0.1) is 0 Å². The molecule has 1 N–H and O–H groups in total. The monoisotopic (exact) mass is 619 g/mol. The minimum absolute atomic E-state index is 1.09. The van der Waals surface area contributed by atoms with E-state index in [0.717, 1.165) is 27.6 Å². The highest BCUT2D eigenvalue weighted by molar-refractivity contribution is 8.00. The molecule has 0 aliphatic carbocycles. The summed E-state index contributed by atoms with van der Waals surface area (Å²) < 4.78 is 0. The van der Waals surface area contributed by atoms with Gasteiger partial charge in [0.2, 0.25) is 0 Å². The van der Waals surface area contributed by atoms with Gasteiger partial charge in [-0.25, -0.2) is 0 Å². The average molecular weight is 620 g/mol. The fourth-order valence-electron chi connectivity index (χ4n) is 6.24. The number of rotatable bonds is 2. The fraction of sp³-hybridized carbons (Fsp3) is 0.0526. The molecule has 0 amide bonds. The number of benzene rings is 5. The van der Waals surface area contributed by atoms with Crippen molar-refractivity contribution < 1.29 is 0 Å². The quantitative estimate of drug-likeness (QED) is 0.206. The van der Waals surface area contributed by atoms with E-state index < -0.39 is 0 Å². The molecule has 9 rings (SSSR count). The number of nitrogens with one attached hydrogen (secondary N) is 1. The lowest BCUT2D eigenvalue weighted by molar-refractivity contribution is 1.12. The van der Waals surface area contributed by atoms with Crippen LogP contribution in [0.5, 0.6) is 0 Å². The smallest absolute Gasteiger partial charge is 0.0867 e. The highest BCUT2D eigenvalue weighted by Gasteiger charge is 2.30. The maximum atomic E-state index is 3.75. The van der Waals surface area contributed by atoms with Crippen molar-refractivity contribution in [3.63, 3.8) is 0 Å². The number of aryl methyl sites for hydroxylation is 1. The molecular formula is C38H25N3S3. The van der Waals surface area contributed by atoms with Crippen molar-refractivity contribution in [2.24, 2.45) is 0 Å².